The highest BCUT2D eigenvalue weighted by atomic mass is 127. The average molecular weight is 484 g/mol. The Hall–Kier alpha value is -1.65. The molecule has 1 fully saturated rings. The van der Waals surface area contributed by atoms with E-state index in [2.05, 4.69) is 49.3 Å². The fourth-order valence-corrected chi connectivity index (χ4v) is 3.09. The summed E-state index contributed by atoms with van der Waals surface area (Å²) in [5.74, 6) is 1.74. The molecule has 1 atom stereocenters. The number of H-pyrrole nitrogens is 1. The molecule has 1 aromatic heterocycles. The second-order valence-corrected chi connectivity index (χ2v) is 6.65. The molecule has 0 aliphatic carbocycles. The van der Waals surface area contributed by atoms with Crippen LogP contribution in [-0.4, -0.2) is 79.2 Å². The summed E-state index contributed by atoms with van der Waals surface area (Å²) in [4.78, 5) is 16.6. The lowest BCUT2D eigenvalue weighted by Gasteiger charge is -2.31. The number of imidazole rings is 1. The van der Waals surface area contributed by atoms with E-state index in [0.29, 0.717) is 6.54 Å². The van der Waals surface area contributed by atoms with Crippen molar-refractivity contribution in [2.75, 3.05) is 47.4 Å². The third kappa shape index (κ3) is 6.18. The minimum atomic E-state index is 0. The minimum absolute atomic E-state index is 0. The van der Waals surface area contributed by atoms with Gasteiger partial charge in [-0.1, -0.05) is 30.3 Å². The van der Waals surface area contributed by atoms with Crippen LogP contribution in [-0.2, 0) is 11.3 Å². The van der Waals surface area contributed by atoms with Gasteiger partial charge in [-0.2, -0.15) is 0 Å². The summed E-state index contributed by atoms with van der Waals surface area (Å²) in [5, 5.41) is 3.40. The van der Waals surface area contributed by atoms with Gasteiger partial charge < -0.3 is 24.8 Å². The number of nitrogens with one attached hydrogen (secondary N) is 2. The summed E-state index contributed by atoms with van der Waals surface area (Å²) >= 11 is 0. The van der Waals surface area contributed by atoms with Gasteiger partial charge in [-0.15, -0.1) is 24.0 Å². The van der Waals surface area contributed by atoms with Crippen molar-refractivity contribution in [3.05, 3.63) is 42.4 Å². The maximum Gasteiger partial charge on any atom is 0.193 e. The first-order chi connectivity index (χ1) is 12.7. The Morgan fingerprint density at radius 1 is 1.41 bits per heavy atom. The summed E-state index contributed by atoms with van der Waals surface area (Å²) in [5.41, 5.74) is 2.16. The number of aromatic amines is 1. The Morgan fingerprint density at radius 2 is 2.19 bits per heavy atom. The zero-order valence-electron chi connectivity index (χ0n) is 16.2. The van der Waals surface area contributed by atoms with Crippen LogP contribution in [0.15, 0.2) is 41.5 Å². The van der Waals surface area contributed by atoms with Gasteiger partial charge in [0.1, 0.15) is 5.82 Å². The van der Waals surface area contributed by atoms with E-state index >= 15 is 0 Å². The number of rotatable bonds is 5. The van der Waals surface area contributed by atoms with Crippen molar-refractivity contribution in [2.24, 2.45) is 4.99 Å². The molecule has 0 radical (unpaired) electrons. The smallest absolute Gasteiger partial charge is 0.193 e. The molecule has 1 aromatic carbocycles. The van der Waals surface area contributed by atoms with Gasteiger partial charge in [0.15, 0.2) is 5.96 Å². The molecule has 1 saturated heterocycles. The van der Waals surface area contributed by atoms with Gasteiger partial charge in [0.2, 0.25) is 0 Å². The normalized spacial score (nSPS) is 18.0. The zero-order valence-corrected chi connectivity index (χ0v) is 18.5. The maximum absolute atomic E-state index is 5.80. The first-order valence-electron chi connectivity index (χ1n) is 8.97. The first kappa shape index (κ1) is 21.6. The van der Waals surface area contributed by atoms with Crippen molar-refractivity contribution >= 4 is 29.9 Å². The molecule has 2 N–H and O–H groups in total. The van der Waals surface area contributed by atoms with E-state index in [4.69, 9.17) is 4.74 Å². The Balaban J connectivity index is 0.00000261. The van der Waals surface area contributed by atoms with Crippen LogP contribution in [0.4, 0.5) is 0 Å². The highest BCUT2D eigenvalue weighted by molar-refractivity contribution is 14.0. The monoisotopic (exact) mass is 484 g/mol. The van der Waals surface area contributed by atoms with Crippen LogP contribution in [0.5, 0.6) is 0 Å². The number of likely N-dealkylation sites (N-methyl/N-ethyl adjacent to an activating group) is 1. The SMILES string of the molecule is CN=C(NCC1CN(C)CCO1)N(C)Cc1ncc(-c2ccccc2)[nH]1.I. The highest BCUT2D eigenvalue weighted by Gasteiger charge is 2.18. The molecule has 3 rings (SSSR count). The minimum Gasteiger partial charge on any atom is -0.374 e. The summed E-state index contributed by atoms with van der Waals surface area (Å²) in [6.07, 6.45) is 2.06. The Labute approximate surface area is 178 Å². The van der Waals surface area contributed by atoms with Crippen molar-refractivity contribution in [2.45, 2.75) is 12.6 Å². The number of guanidine groups is 1. The van der Waals surface area contributed by atoms with E-state index in [1.165, 1.54) is 0 Å². The largest absolute Gasteiger partial charge is 0.374 e. The topological polar surface area (TPSA) is 68.8 Å². The van der Waals surface area contributed by atoms with Gasteiger partial charge in [0.25, 0.3) is 0 Å². The van der Waals surface area contributed by atoms with E-state index in [1.54, 1.807) is 7.05 Å². The lowest BCUT2D eigenvalue weighted by Crippen LogP contribution is -2.48. The van der Waals surface area contributed by atoms with Crippen LogP contribution in [0, 0.1) is 0 Å². The molecule has 2 aromatic rings. The lowest BCUT2D eigenvalue weighted by atomic mass is 10.2. The van der Waals surface area contributed by atoms with E-state index in [0.717, 1.165) is 49.3 Å². The van der Waals surface area contributed by atoms with E-state index in [9.17, 15) is 0 Å². The fraction of sp³-hybridized carbons (Fsp3) is 0.474. The van der Waals surface area contributed by atoms with Gasteiger partial charge in [0, 0.05) is 33.7 Å². The predicted octanol–water partition coefficient (Wildman–Crippen LogP) is 2.03. The number of morpholine rings is 1. The Morgan fingerprint density at radius 3 is 2.89 bits per heavy atom. The third-order valence-corrected chi connectivity index (χ3v) is 4.50. The predicted molar refractivity (Wildman–Crippen MR) is 120 cm³/mol. The summed E-state index contributed by atoms with van der Waals surface area (Å²) < 4.78 is 5.80. The molecule has 8 heteroatoms. The van der Waals surface area contributed by atoms with Gasteiger partial charge in [-0.05, 0) is 12.6 Å². The van der Waals surface area contributed by atoms with Crippen molar-refractivity contribution in [1.82, 2.24) is 25.1 Å². The lowest BCUT2D eigenvalue weighted by molar-refractivity contribution is -0.0163. The quantitative estimate of drug-likeness (QED) is 0.386. The third-order valence-electron chi connectivity index (χ3n) is 4.50. The molecule has 7 nitrogen and oxygen atoms in total. The molecule has 0 amide bonds. The van der Waals surface area contributed by atoms with Crippen LogP contribution < -0.4 is 5.32 Å². The first-order valence-corrected chi connectivity index (χ1v) is 8.97. The van der Waals surface area contributed by atoms with Crippen LogP contribution in [0.2, 0.25) is 0 Å². The van der Waals surface area contributed by atoms with Gasteiger partial charge in [-0.3, -0.25) is 4.99 Å². The Bertz CT molecular complexity index is 720. The molecule has 148 valence electrons. The summed E-state index contributed by atoms with van der Waals surface area (Å²) in [6.45, 7) is 4.11. The Kier molecular flexibility index (Phi) is 8.52. The number of nitrogens with zero attached hydrogens (tertiary/aromatic N) is 4. The fourth-order valence-electron chi connectivity index (χ4n) is 3.09. The molecule has 27 heavy (non-hydrogen) atoms. The summed E-state index contributed by atoms with van der Waals surface area (Å²) in [6, 6.07) is 10.2. The molecule has 0 bridgehead atoms. The second kappa shape index (κ2) is 10.6. The number of hydrogen-bond donors (Lipinski definition) is 2. The van der Waals surface area contributed by atoms with E-state index < -0.39 is 0 Å². The van der Waals surface area contributed by atoms with Crippen LogP contribution in [0.25, 0.3) is 11.3 Å². The number of halogens is 1. The molecule has 1 aliphatic heterocycles. The highest BCUT2D eigenvalue weighted by Crippen LogP contribution is 2.16. The maximum atomic E-state index is 5.80. The summed E-state index contributed by atoms with van der Waals surface area (Å²) in [7, 11) is 5.93. The van der Waals surface area contributed by atoms with Crippen molar-refractivity contribution < 1.29 is 4.74 Å². The molecular formula is C19H29IN6O. The number of benzene rings is 1. The van der Waals surface area contributed by atoms with E-state index in [1.807, 2.05) is 31.4 Å². The average Bonchev–Trinajstić information content (AvgIpc) is 3.11. The zero-order chi connectivity index (χ0) is 18.4. The second-order valence-electron chi connectivity index (χ2n) is 6.65. The van der Waals surface area contributed by atoms with Crippen LogP contribution >= 0.6 is 24.0 Å². The number of hydrogen-bond acceptors (Lipinski definition) is 4. The van der Waals surface area contributed by atoms with Crippen molar-refractivity contribution in [3.63, 3.8) is 0 Å². The van der Waals surface area contributed by atoms with E-state index in [-0.39, 0.29) is 30.1 Å². The van der Waals surface area contributed by atoms with Crippen LogP contribution in [0.3, 0.4) is 0 Å². The van der Waals surface area contributed by atoms with Gasteiger partial charge in [0.05, 0.1) is 31.1 Å². The van der Waals surface area contributed by atoms with Gasteiger partial charge in [-0.25, -0.2) is 4.98 Å². The molecule has 0 spiro atoms. The molecule has 0 saturated carbocycles. The number of ether oxygens (including phenoxy) is 1. The molecule has 2 heterocycles. The van der Waals surface area contributed by atoms with Gasteiger partial charge >= 0.3 is 0 Å². The van der Waals surface area contributed by atoms with Crippen LogP contribution in [0.1, 0.15) is 5.82 Å². The standard InChI is InChI=1S/C19H28N6O.HI/c1-20-19(22-11-16-13-24(2)9-10-26-16)25(3)14-18-21-12-17(23-18)15-7-5-4-6-8-15;/h4-8,12,16H,9-11,13-14H2,1-3H3,(H,20,22)(H,21,23);1H. The molecular weight excluding hydrogens is 455 g/mol. The molecule has 1 aliphatic rings. The number of aliphatic imine (C=N–C) groups is 1. The number of aromatic nitrogens is 2. The molecule has 1 unspecified atom stereocenters. The van der Waals surface area contributed by atoms with Crippen molar-refractivity contribution in [1.29, 1.82) is 0 Å². The van der Waals surface area contributed by atoms with Crippen molar-refractivity contribution in [3.8, 4) is 11.3 Å².